The fourth-order valence-corrected chi connectivity index (χ4v) is 3.13. The first-order valence-corrected chi connectivity index (χ1v) is 10.9. The molecule has 0 unspecified atom stereocenters. The number of nitrogens with zero attached hydrogens (tertiary/aromatic N) is 5. The lowest BCUT2D eigenvalue weighted by Crippen LogP contribution is -2.17. The Morgan fingerprint density at radius 2 is 1.25 bits per heavy atom. The van der Waals surface area contributed by atoms with Gasteiger partial charge in [0.1, 0.15) is 23.1 Å². The van der Waals surface area contributed by atoms with E-state index in [2.05, 4.69) is 40.0 Å². The summed E-state index contributed by atoms with van der Waals surface area (Å²) in [5, 5.41) is 10.3. The number of benzene rings is 3. The van der Waals surface area contributed by atoms with Crippen molar-refractivity contribution in [3.8, 4) is 22.9 Å². The first-order chi connectivity index (χ1) is 18.8. The van der Waals surface area contributed by atoms with Crippen LogP contribution < -0.4 is 14.8 Å². The molecule has 4 aromatic rings. The van der Waals surface area contributed by atoms with Gasteiger partial charge >= 0.3 is 12.7 Å². The topological polar surface area (TPSA) is 93.9 Å². The molecular weight excluding hydrogens is 556 g/mol. The number of azo groups is 1. The van der Waals surface area contributed by atoms with Crippen molar-refractivity contribution in [1.29, 1.82) is 0 Å². The van der Waals surface area contributed by atoms with Crippen LogP contribution in [0.15, 0.2) is 77.0 Å². The molecule has 0 saturated carbocycles. The number of anilines is 2. The highest BCUT2D eigenvalue weighted by molar-refractivity contribution is 5.62. The summed E-state index contributed by atoms with van der Waals surface area (Å²) in [5.74, 6) is -4.05. The van der Waals surface area contributed by atoms with Gasteiger partial charge in [-0.1, -0.05) is 18.2 Å². The van der Waals surface area contributed by atoms with E-state index in [0.29, 0.717) is 5.56 Å². The monoisotopic (exact) mass is 570 g/mol. The molecule has 0 saturated heterocycles. The molecule has 208 valence electrons. The maximum atomic E-state index is 14.4. The Kier molecular flexibility index (Phi) is 8.06. The lowest BCUT2D eigenvalue weighted by atomic mass is 10.2. The van der Waals surface area contributed by atoms with Crippen LogP contribution in [0.25, 0.3) is 11.4 Å². The Bertz CT molecular complexity index is 1470. The molecule has 1 N–H and O–H groups in total. The average molecular weight is 570 g/mol. The molecule has 0 amide bonds. The molecule has 1 aromatic heterocycles. The van der Waals surface area contributed by atoms with Crippen molar-refractivity contribution in [3.63, 3.8) is 0 Å². The second-order valence-electron chi connectivity index (χ2n) is 7.67. The summed E-state index contributed by atoms with van der Waals surface area (Å²) in [4.78, 5) is 11.9. The largest absolute Gasteiger partial charge is 0.573 e. The van der Waals surface area contributed by atoms with Crippen LogP contribution in [0.4, 0.5) is 52.7 Å². The average Bonchev–Trinajstić information content (AvgIpc) is 2.84. The molecule has 0 bridgehead atoms. The molecule has 16 heteroatoms. The van der Waals surface area contributed by atoms with Gasteiger partial charge in [-0.05, 0) is 54.1 Å². The highest BCUT2D eigenvalue weighted by atomic mass is 19.4. The zero-order chi connectivity index (χ0) is 28.9. The van der Waals surface area contributed by atoms with Gasteiger partial charge < -0.3 is 14.8 Å². The second kappa shape index (κ2) is 11.5. The zero-order valence-corrected chi connectivity index (χ0v) is 19.6. The number of alkyl halides is 6. The van der Waals surface area contributed by atoms with Gasteiger partial charge in [0.05, 0.1) is 12.1 Å². The Morgan fingerprint density at radius 3 is 1.80 bits per heavy atom. The van der Waals surface area contributed by atoms with E-state index >= 15 is 0 Å². The molecule has 40 heavy (non-hydrogen) atoms. The first-order valence-electron chi connectivity index (χ1n) is 10.9. The number of rotatable bonds is 8. The van der Waals surface area contributed by atoms with Crippen LogP contribution in [-0.4, -0.2) is 27.7 Å². The molecule has 0 atom stereocenters. The van der Waals surface area contributed by atoms with Gasteiger partial charge in [0.25, 0.3) is 5.95 Å². The van der Waals surface area contributed by atoms with Crippen molar-refractivity contribution in [2.24, 2.45) is 10.2 Å². The third-order valence-corrected chi connectivity index (χ3v) is 4.72. The van der Waals surface area contributed by atoms with Crippen LogP contribution in [0.5, 0.6) is 11.5 Å². The van der Waals surface area contributed by atoms with Gasteiger partial charge in [-0.25, -0.2) is 8.78 Å². The van der Waals surface area contributed by atoms with Crippen LogP contribution in [0.2, 0.25) is 0 Å². The number of nitrogens with one attached hydrogen (secondary N) is 1. The summed E-state index contributed by atoms with van der Waals surface area (Å²) in [7, 11) is 0. The Morgan fingerprint density at radius 1 is 0.700 bits per heavy atom. The number of aromatic nitrogens is 3. The molecule has 0 aliphatic heterocycles. The van der Waals surface area contributed by atoms with Crippen molar-refractivity contribution in [3.05, 3.63) is 83.9 Å². The molecule has 0 aliphatic rings. The number of hydrogen-bond donors (Lipinski definition) is 1. The quantitative estimate of drug-likeness (QED) is 0.173. The van der Waals surface area contributed by atoms with Crippen molar-refractivity contribution >= 4 is 17.6 Å². The van der Waals surface area contributed by atoms with Gasteiger partial charge in [-0.15, -0.1) is 31.5 Å². The lowest BCUT2D eigenvalue weighted by molar-refractivity contribution is -0.275. The fourth-order valence-electron chi connectivity index (χ4n) is 3.13. The summed E-state index contributed by atoms with van der Waals surface area (Å²) < 4.78 is 111. The van der Waals surface area contributed by atoms with Crippen LogP contribution in [0.1, 0.15) is 5.56 Å². The summed E-state index contributed by atoms with van der Waals surface area (Å²) >= 11 is 0. The lowest BCUT2D eigenvalue weighted by Gasteiger charge is -2.11. The predicted octanol–water partition coefficient (Wildman–Crippen LogP) is 7.64. The maximum absolute atomic E-state index is 14.4. The van der Waals surface area contributed by atoms with Gasteiger partial charge in [-0.2, -0.15) is 20.1 Å². The molecule has 0 aliphatic carbocycles. The van der Waals surface area contributed by atoms with Crippen molar-refractivity contribution in [2.45, 2.75) is 19.3 Å². The Balaban J connectivity index is 1.58. The number of halogens is 8. The third kappa shape index (κ3) is 8.05. The van der Waals surface area contributed by atoms with E-state index in [1.807, 2.05) is 0 Å². The van der Waals surface area contributed by atoms with Crippen LogP contribution in [0, 0.1) is 11.6 Å². The minimum Gasteiger partial charge on any atom is -0.406 e. The summed E-state index contributed by atoms with van der Waals surface area (Å²) in [6, 6.07) is 12.3. The summed E-state index contributed by atoms with van der Waals surface area (Å²) in [6.45, 7) is -0.134. The summed E-state index contributed by atoms with van der Waals surface area (Å²) in [6.07, 6.45) is -9.74. The zero-order valence-electron chi connectivity index (χ0n) is 19.6. The smallest absolute Gasteiger partial charge is 0.406 e. The van der Waals surface area contributed by atoms with E-state index in [9.17, 15) is 35.1 Å². The normalized spacial score (nSPS) is 12.0. The van der Waals surface area contributed by atoms with Crippen LogP contribution >= 0.6 is 0 Å². The Labute approximate surface area is 219 Å². The van der Waals surface area contributed by atoms with Gasteiger partial charge in [-0.3, -0.25) is 0 Å². The molecule has 0 radical (unpaired) electrons. The van der Waals surface area contributed by atoms with Crippen molar-refractivity contribution < 1.29 is 44.6 Å². The van der Waals surface area contributed by atoms with Crippen molar-refractivity contribution in [1.82, 2.24) is 15.0 Å². The third-order valence-electron chi connectivity index (χ3n) is 4.72. The standard InChI is InChI=1S/C24H14F8N6O2/c25-17-2-1-3-18(26)19(17)20-35-21(34-14-6-10-16(11-7-14)40-24(30,31)32)37-22(36-20)38-33-12-13-4-8-15(9-5-13)39-23(27,28)29/h1-11H,12H2,(H,34,35,36,37). The van der Waals surface area contributed by atoms with E-state index in [1.165, 1.54) is 24.3 Å². The maximum Gasteiger partial charge on any atom is 0.573 e. The van der Waals surface area contributed by atoms with Crippen molar-refractivity contribution in [2.75, 3.05) is 5.32 Å². The second-order valence-corrected chi connectivity index (χ2v) is 7.67. The number of ether oxygens (including phenoxy) is 2. The molecule has 0 spiro atoms. The predicted molar refractivity (Wildman–Crippen MR) is 123 cm³/mol. The highest BCUT2D eigenvalue weighted by Crippen LogP contribution is 2.28. The molecule has 4 rings (SSSR count). The minimum absolute atomic E-state index is 0.134. The van der Waals surface area contributed by atoms with E-state index in [0.717, 1.165) is 42.5 Å². The Hall–Kier alpha value is -4.89. The number of hydrogen-bond acceptors (Lipinski definition) is 8. The van der Waals surface area contributed by atoms with Gasteiger partial charge in [0, 0.05) is 5.69 Å². The van der Waals surface area contributed by atoms with Crippen LogP contribution in [0.3, 0.4) is 0 Å². The molecule has 3 aromatic carbocycles. The van der Waals surface area contributed by atoms with Gasteiger partial charge in [0.2, 0.25) is 5.95 Å². The molecule has 8 nitrogen and oxygen atoms in total. The molecule has 0 fully saturated rings. The fraction of sp³-hybridized carbons (Fsp3) is 0.125. The van der Waals surface area contributed by atoms with Gasteiger partial charge in [0.15, 0.2) is 5.82 Å². The minimum atomic E-state index is -4.89. The molecular formula is C24H14F8N6O2. The van der Waals surface area contributed by atoms with E-state index < -0.39 is 53.2 Å². The van der Waals surface area contributed by atoms with Crippen LogP contribution in [-0.2, 0) is 6.54 Å². The first kappa shape index (κ1) is 28.1. The SMILES string of the molecule is Fc1cccc(F)c1-c1nc(N=NCc2ccc(OC(F)(F)F)cc2)nc(Nc2ccc(OC(F)(F)F)cc2)n1. The van der Waals surface area contributed by atoms with E-state index in [4.69, 9.17) is 0 Å². The highest BCUT2D eigenvalue weighted by Gasteiger charge is 2.31. The van der Waals surface area contributed by atoms with E-state index in [-0.39, 0.29) is 18.2 Å². The molecule has 1 heterocycles. The van der Waals surface area contributed by atoms with E-state index in [1.54, 1.807) is 0 Å². The summed E-state index contributed by atoms with van der Waals surface area (Å²) in [5.41, 5.74) is 0.0236.